The topological polar surface area (TPSA) is 50.0 Å². The summed E-state index contributed by atoms with van der Waals surface area (Å²) < 4.78 is 10.4. The van der Waals surface area contributed by atoms with Crippen LogP contribution in [0.25, 0.3) is 0 Å². The van der Waals surface area contributed by atoms with E-state index in [9.17, 15) is 0 Å². The Hall–Kier alpha value is -0.760. The van der Waals surface area contributed by atoms with Gasteiger partial charge in [0.05, 0.1) is 19.4 Å². The minimum Gasteiger partial charge on any atom is -0.469 e. The van der Waals surface area contributed by atoms with E-state index in [1.807, 2.05) is 12.1 Å². The van der Waals surface area contributed by atoms with Crippen LogP contribution in [0.3, 0.4) is 0 Å². The van der Waals surface area contributed by atoms with Gasteiger partial charge in [0.15, 0.2) is 5.96 Å². The van der Waals surface area contributed by atoms with Crippen molar-refractivity contribution in [2.75, 3.05) is 39.9 Å². The molecule has 0 saturated carbocycles. The second-order valence-electron chi connectivity index (χ2n) is 5.00. The van der Waals surface area contributed by atoms with Crippen molar-refractivity contribution in [1.82, 2.24) is 10.2 Å². The Morgan fingerprint density at radius 1 is 1.38 bits per heavy atom. The molecule has 0 aromatic carbocycles. The van der Waals surface area contributed by atoms with E-state index in [0.29, 0.717) is 13.2 Å². The predicted molar refractivity (Wildman–Crippen MR) is 95.4 cm³/mol. The number of methoxy groups -OCH3 is 1. The van der Waals surface area contributed by atoms with Gasteiger partial charge < -0.3 is 19.4 Å². The van der Waals surface area contributed by atoms with Crippen LogP contribution in [-0.2, 0) is 11.2 Å². The first-order valence-electron chi connectivity index (χ1n) is 7.45. The van der Waals surface area contributed by atoms with Crippen LogP contribution in [0.2, 0.25) is 0 Å². The van der Waals surface area contributed by atoms with Crippen molar-refractivity contribution in [1.29, 1.82) is 0 Å². The molecule has 0 bridgehead atoms. The van der Waals surface area contributed by atoms with Crippen molar-refractivity contribution in [3.63, 3.8) is 0 Å². The van der Waals surface area contributed by atoms with Gasteiger partial charge in [-0.05, 0) is 31.4 Å². The normalized spacial score (nSPS) is 15.7. The van der Waals surface area contributed by atoms with Crippen molar-refractivity contribution >= 4 is 29.9 Å². The third-order valence-electron chi connectivity index (χ3n) is 3.45. The zero-order valence-electron chi connectivity index (χ0n) is 12.7. The number of guanidine groups is 1. The first kappa shape index (κ1) is 18.3. The van der Waals surface area contributed by atoms with Crippen molar-refractivity contribution in [2.24, 2.45) is 4.99 Å². The van der Waals surface area contributed by atoms with Crippen LogP contribution in [-0.4, -0.2) is 50.8 Å². The summed E-state index contributed by atoms with van der Waals surface area (Å²) in [5.74, 6) is 2.01. The van der Waals surface area contributed by atoms with Gasteiger partial charge in [-0.2, -0.15) is 0 Å². The number of nitrogens with one attached hydrogen (secondary N) is 1. The van der Waals surface area contributed by atoms with Crippen LogP contribution in [0.1, 0.15) is 25.0 Å². The molecule has 0 aliphatic carbocycles. The summed E-state index contributed by atoms with van der Waals surface area (Å²) in [6.45, 7) is 4.41. The molecule has 1 N–H and O–H groups in total. The predicted octanol–water partition coefficient (Wildman–Crippen LogP) is 2.52. The Kier molecular flexibility index (Phi) is 9.49. The maximum absolute atomic E-state index is 5.35. The molecule has 1 aromatic rings. The zero-order chi connectivity index (χ0) is 14.0. The Morgan fingerprint density at radius 3 is 2.86 bits per heavy atom. The average molecular weight is 407 g/mol. The molecule has 5 nitrogen and oxygen atoms in total. The molecule has 120 valence electrons. The number of furan rings is 1. The Balaban J connectivity index is 0.00000220. The molecule has 1 fully saturated rings. The summed E-state index contributed by atoms with van der Waals surface area (Å²) in [6, 6.07) is 3.93. The third-order valence-corrected chi connectivity index (χ3v) is 3.45. The van der Waals surface area contributed by atoms with E-state index in [0.717, 1.165) is 37.8 Å². The molecular weight excluding hydrogens is 381 g/mol. The second kappa shape index (κ2) is 10.9. The number of halogens is 1. The van der Waals surface area contributed by atoms with Gasteiger partial charge in [-0.15, -0.1) is 24.0 Å². The summed E-state index contributed by atoms with van der Waals surface area (Å²) in [5, 5.41) is 3.45. The van der Waals surface area contributed by atoms with Crippen LogP contribution in [0.5, 0.6) is 0 Å². The highest BCUT2D eigenvalue weighted by atomic mass is 127. The average Bonchev–Trinajstić information content (AvgIpc) is 3.00. The van der Waals surface area contributed by atoms with Gasteiger partial charge in [-0.3, -0.25) is 4.99 Å². The molecule has 6 heteroatoms. The summed E-state index contributed by atoms with van der Waals surface area (Å²) in [7, 11) is 1.71. The van der Waals surface area contributed by atoms with E-state index in [1.54, 1.807) is 13.4 Å². The van der Waals surface area contributed by atoms with Crippen LogP contribution in [0.15, 0.2) is 27.8 Å². The number of aliphatic imine (C=N–C) groups is 1. The number of hydrogen-bond acceptors (Lipinski definition) is 3. The van der Waals surface area contributed by atoms with Crippen molar-refractivity contribution < 1.29 is 9.15 Å². The number of rotatable bonds is 6. The first-order chi connectivity index (χ1) is 9.90. The molecular formula is C15H26IN3O2. The minimum atomic E-state index is 0. The molecule has 1 saturated heterocycles. The quantitative estimate of drug-likeness (QED) is 0.341. The molecule has 0 unspecified atom stereocenters. The van der Waals surface area contributed by atoms with E-state index in [-0.39, 0.29) is 24.0 Å². The smallest absolute Gasteiger partial charge is 0.194 e. The van der Waals surface area contributed by atoms with E-state index in [4.69, 9.17) is 9.15 Å². The van der Waals surface area contributed by atoms with Crippen LogP contribution in [0.4, 0.5) is 0 Å². The van der Waals surface area contributed by atoms with E-state index in [2.05, 4.69) is 15.2 Å². The lowest BCUT2D eigenvalue weighted by atomic mass is 10.1. The standard InChI is InChI=1S/C15H25N3O2.HI/c1-19-13-9-17-15(18-10-3-2-4-11-18)16-8-7-14-6-5-12-20-14;/h5-6,12H,2-4,7-11,13H2,1H3,(H,16,17);1H. The maximum Gasteiger partial charge on any atom is 0.194 e. The number of piperidine rings is 1. The zero-order valence-corrected chi connectivity index (χ0v) is 15.0. The highest BCUT2D eigenvalue weighted by Crippen LogP contribution is 2.09. The molecule has 0 amide bonds. The monoisotopic (exact) mass is 407 g/mol. The molecule has 2 heterocycles. The fourth-order valence-electron chi connectivity index (χ4n) is 2.37. The van der Waals surface area contributed by atoms with Gasteiger partial charge in [0.1, 0.15) is 5.76 Å². The molecule has 1 aliphatic heterocycles. The van der Waals surface area contributed by atoms with Gasteiger partial charge in [0.2, 0.25) is 0 Å². The van der Waals surface area contributed by atoms with Gasteiger partial charge in [-0.25, -0.2) is 0 Å². The summed E-state index contributed by atoms with van der Waals surface area (Å²) in [6.07, 6.45) is 6.43. The van der Waals surface area contributed by atoms with Crippen molar-refractivity contribution in [3.05, 3.63) is 24.2 Å². The van der Waals surface area contributed by atoms with Crippen molar-refractivity contribution in [3.8, 4) is 0 Å². The molecule has 1 aliphatic rings. The Labute approximate surface area is 144 Å². The number of ether oxygens (including phenoxy) is 1. The minimum absolute atomic E-state index is 0. The SMILES string of the molecule is COCCN=C(NCCc1ccco1)N1CCCCC1.I. The lowest BCUT2D eigenvalue weighted by molar-refractivity contribution is 0.207. The molecule has 0 radical (unpaired) electrons. The molecule has 1 aromatic heterocycles. The maximum atomic E-state index is 5.35. The summed E-state index contributed by atoms with van der Waals surface area (Å²) in [5.41, 5.74) is 0. The van der Waals surface area contributed by atoms with Crippen LogP contribution < -0.4 is 5.32 Å². The van der Waals surface area contributed by atoms with Gasteiger partial charge in [0, 0.05) is 33.2 Å². The number of nitrogens with zero attached hydrogens (tertiary/aromatic N) is 2. The van der Waals surface area contributed by atoms with Gasteiger partial charge >= 0.3 is 0 Å². The molecule has 2 rings (SSSR count). The highest BCUT2D eigenvalue weighted by Gasteiger charge is 2.14. The summed E-state index contributed by atoms with van der Waals surface area (Å²) in [4.78, 5) is 6.98. The molecule has 0 spiro atoms. The Bertz CT molecular complexity index is 390. The number of likely N-dealkylation sites (tertiary alicyclic amines) is 1. The Morgan fingerprint density at radius 2 is 2.19 bits per heavy atom. The van der Waals surface area contributed by atoms with Crippen LogP contribution in [0, 0.1) is 0 Å². The largest absolute Gasteiger partial charge is 0.469 e. The molecule has 21 heavy (non-hydrogen) atoms. The first-order valence-corrected chi connectivity index (χ1v) is 7.45. The van der Waals surface area contributed by atoms with Crippen LogP contribution >= 0.6 is 24.0 Å². The summed E-state index contributed by atoms with van der Waals surface area (Å²) >= 11 is 0. The third kappa shape index (κ3) is 6.69. The lowest BCUT2D eigenvalue weighted by Gasteiger charge is -2.30. The molecule has 0 atom stereocenters. The van der Waals surface area contributed by atoms with E-state index < -0.39 is 0 Å². The van der Waals surface area contributed by atoms with Gasteiger partial charge in [-0.1, -0.05) is 0 Å². The highest BCUT2D eigenvalue weighted by molar-refractivity contribution is 14.0. The van der Waals surface area contributed by atoms with Crippen molar-refractivity contribution in [2.45, 2.75) is 25.7 Å². The number of hydrogen-bond donors (Lipinski definition) is 1. The lowest BCUT2D eigenvalue weighted by Crippen LogP contribution is -2.45. The van der Waals surface area contributed by atoms with Gasteiger partial charge in [0.25, 0.3) is 0 Å². The second-order valence-corrected chi connectivity index (χ2v) is 5.00. The fraction of sp³-hybridized carbons (Fsp3) is 0.667. The van der Waals surface area contributed by atoms with E-state index in [1.165, 1.54) is 19.3 Å². The van der Waals surface area contributed by atoms with E-state index >= 15 is 0 Å². The fourth-order valence-corrected chi connectivity index (χ4v) is 2.37.